The monoisotopic (exact) mass is 413 g/mol. The fourth-order valence-corrected chi connectivity index (χ4v) is 4.70. The van der Waals surface area contributed by atoms with Gasteiger partial charge in [0.25, 0.3) is 5.56 Å². The Morgan fingerprint density at radius 3 is 2.71 bits per heavy atom. The zero-order valence-electron chi connectivity index (χ0n) is 17.5. The van der Waals surface area contributed by atoms with E-state index in [0.29, 0.717) is 31.8 Å². The normalized spacial score (nSPS) is 19.8. The van der Waals surface area contributed by atoms with E-state index in [1.807, 2.05) is 13.2 Å². The molecule has 1 fully saturated rings. The number of aryl methyl sites for hydroxylation is 1. The largest absolute Gasteiger partial charge is 0.467 e. The van der Waals surface area contributed by atoms with E-state index in [1.165, 1.54) is 17.9 Å². The van der Waals surface area contributed by atoms with Crippen molar-refractivity contribution in [1.29, 1.82) is 0 Å². The molecular formula is C20H32FN3O3S. The Hall–Kier alpha value is -1.41. The number of hydrogen-bond donors (Lipinski definition) is 0. The van der Waals surface area contributed by atoms with Gasteiger partial charge in [-0.25, -0.2) is 13.9 Å². The predicted molar refractivity (Wildman–Crippen MR) is 111 cm³/mol. The number of rotatable bonds is 9. The molecule has 158 valence electrons. The van der Waals surface area contributed by atoms with Crippen LogP contribution in [0.2, 0.25) is 0 Å². The summed E-state index contributed by atoms with van der Waals surface area (Å²) in [5.74, 6) is -0.0849. The molecule has 2 heterocycles. The maximum absolute atomic E-state index is 13.4. The van der Waals surface area contributed by atoms with Crippen molar-refractivity contribution < 1.29 is 13.9 Å². The van der Waals surface area contributed by atoms with Gasteiger partial charge in [-0.15, -0.1) is 0 Å². The first-order chi connectivity index (χ1) is 13.3. The van der Waals surface area contributed by atoms with Gasteiger partial charge in [0, 0.05) is 37.4 Å². The van der Waals surface area contributed by atoms with E-state index < -0.39 is 18.2 Å². The van der Waals surface area contributed by atoms with Crippen LogP contribution in [0.25, 0.3) is 0 Å². The molecule has 0 saturated carbocycles. The molecule has 28 heavy (non-hydrogen) atoms. The summed E-state index contributed by atoms with van der Waals surface area (Å²) in [6, 6.07) is 0.767. The molecule has 1 aliphatic rings. The third-order valence-corrected chi connectivity index (χ3v) is 6.25. The lowest BCUT2D eigenvalue weighted by Gasteiger charge is -2.26. The maximum Gasteiger partial charge on any atom is 0.331 e. The summed E-state index contributed by atoms with van der Waals surface area (Å²) < 4.78 is 19.7. The van der Waals surface area contributed by atoms with Gasteiger partial charge in [0.2, 0.25) is 0 Å². The number of likely N-dealkylation sites (tertiary alicyclic amines) is 1. The van der Waals surface area contributed by atoms with Gasteiger partial charge in [0.1, 0.15) is 6.17 Å². The van der Waals surface area contributed by atoms with Crippen LogP contribution >= 0.6 is 11.8 Å². The number of alkyl halides is 1. The van der Waals surface area contributed by atoms with Crippen LogP contribution in [-0.2, 0) is 16.0 Å². The van der Waals surface area contributed by atoms with Crippen molar-refractivity contribution in [2.45, 2.75) is 57.5 Å². The minimum Gasteiger partial charge on any atom is -0.467 e. The van der Waals surface area contributed by atoms with Gasteiger partial charge in [-0.2, -0.15) is 16.9 Å². The Bertz CT molecular complexity index is 725. The fraction of sp³-hybridized carbons (Fsp3) is 0.750. The van der Waals surface area contributed by atoms with Crippen LogP contribution in [0.3, 0.4) is 0 Å². The van der Waals surface area contributed by atoms with Gasteiger partial charge in [0.05, 0.1) is 12.8 Å². The summed E-state index contributed by atoms with van der Waals surface area (Å²) >= 11 is 1.55. The minimum atomic E-state index is -0.767. The van der Waals surface area contributed by atoms with Crippen LogP contribution in [0.1, 0.15) is 44.0 Å². The molecule has 1 aliphatic heterocycles. The third kappa shape index (κ3) is 5.80. The molecule has 1 aromatic rings. The third-order valence-electron chi connectivity index (χ3n) is 5.19. The second-order valence-electron chi connectivity index (χ2n) is 7.87. The fourth-order valence-electron chi connectivity index (χ4n) is 3.64. The van der Waals surface area contributed by atoms with Crippen LogP contribution in [0.15, 0.2) is 10.9 Å². The molecule has 2 rings (SSSR count). The Morgan fingerprint density at radius 2 is 2.18 bits per heavy atom. The lowest BCUT2D eigenvalue weighted by Crippen LogP contribution is -2.40. The number of carbonyl (C=O) groups is 1. The zero-order chi connectivity index (χ0) is 20.8. The number of hydrogen-bond acceptors (Lipinski definition) is 6. The van der Waals surface area contributed by atoms with Gasteiger partial charge in [-0.05, 0) is 37.5 Å². The van der Waals surface area contributed by atoms with Crippen molar-refractivity contribution in [3.8, 4) is 0 Å². The van der Waals surface area contributed by atoms with Crippen LogP contribution in [0, 0.1) is 12.8 Å². The van der Waals surface area contributed by atoms with Gasteiger partial charge < -0.3 is 4.74 Å². The molecule has 1 saturated heterocycles. The van der Waals surface area contributed by atoms with Gasteiger partial charge in [-0.1, -0.05) is 13.8 Å². The smallest absolute Gasteiger partial charge is 0.331 e. The summed E-state index contributed by atoms with van der Waals surface area (Å²) in [5.41, 5.74) is 1.26. The first-order valence-corrected chi connectivity index (χ1v) is 11.1. The lowest BCUT2D eigenvalue weighted by molar-refractivity contribution is -0.145. The summed E-state index contributed by atoms with van der Waals surface area (Å²) in [7, 11) is 1.34. The van der Waals surface area contributed by atoms with Crippen molar-refractivity contribution in [2.75, 3.05) is 33.0 Å². The number of methoxy groups -OCH3 is 1. The van der Waals surface area contributed by atoms with Crippen molar-refractivity contribution in [2.24, 2.45) is 5.92 Å². The molecule has 0 spiro atoms. The maximum atomic E-state index is 13.4. The highest BCUT2D eigenvalue weighted by molar-refractivity contribution is 7.99. The first kappa shape index (κ1) is 22.9. The molecule has 0 aromatic carbocycles. The van der Waals surface area contributed by atoms with Crippen molar-refractivity contribution in [1.82, 2.24) is 14.7 Å². The summed E-state index contributed by atoms with van der Waals surface area (Å²) in [6.07, 6.45) is 3.13. The van der Waals surface area contributed by atoms with Gasteiger partial charge >= 0.3 is 5.97 Å². The Kier molecular flexibility index (Phi) is 8.49. The quantitative estimate of drug-likeness (QED) is 0.580. The first-order valence-electron chi connectivity index (χ1n) is 9.83. The molecule has 6 nitrogen and oxygen atoms in total. The highest BCUT2D eigenvalue weighted by Crippen LogP contribution is 2.28. The van der Waals surface area contributed by atoms with Crippen LogP contribution < -0.4 is 5.56 Å². The van der Waals surface area contributed by atoms with E-state index in [1.54, 1.807) is 11.8 Å². The average molecular weight is 414 g/mol. The SMILES string of the molecule is COC(=O)C(C(CC(C)C)SC)n1nc(CCN2CCC(F)C2)c(C)cc1=O. The summed E-state index contributed by atoms with van der Waals surface area (Å²) in [4.78, 5) is 27.3. The van der Waals surface area contributed by atoms with E-state index in [2.05, 4.69) is 23.8 Å². The number of halogens is 1. The molecule has 0 amide bonds. The Morgan fingerprint density at radius 1 is 1.46 bits per heavy atom. The second kappa shape index (κ2) is 10.4. The molecule has 0 aliphatic carbocycles. The summed E-state index contributed by atoms with van der Waals surface area (Å²) in [5, 5.41) is 4.45. The predicted octanol–water partition coefficient (Wildman–Crippen LogP) is 2.63. The standard InChI is InChI=1S/C20H32FN3O3S/c1-13(2)10-17(28-5)19(20(26)27-4)24-18(25)11-14(3)16(22-24)7-9-23-8-6-15(21)12-23/h11,13,15,17,19H,6-10,12H2,1-5H3. The average Bonchev–Trinajstić information content (AvgIpc) is 3.06. The molecule has 0 radical (unpaired) electrons. The second-order valence-corrected chi connectivity index (χ2v) is 8.94. The minimum absolute atomic E-state index is 0.112. The molecule has 0 bridgehead atoms. The van der Waals surface area contributed by atoms with E-state index >= 15 is 0 Å². The van der Waals surface area contributed by atoms with Crippen molar-refractivity contribution in [3.63, 3.8) is 0 Å². The topological polar surface area (TPSA) is 64.4 Å². The van der Waals surface area contributed by atoms with Crippen molar-refractivity contribution >= 4 is 17.7 Å². The van der Waals surface area contributed by atoms with E-state index in [4.69, 9.17) is 4.74 Å². The summed E-state index contributed by atoms with van der Waals surface area (Å²) in [6.45, 7) is 7.90. The lowest BCUT2D eigenvalue weighted by atomic mass is 10.0. The van der Waals surface area contributed by atoms with E-state index in [9.17, 15) is 14.0 Å². The van der Waals surface area contributed by atoms with Gasteiger partial charge in [-0.3, -0.25) is 9.69 Å². The van der Waals surface area contributed by atoms with E-state index in [-0.39, 0.29) is 10.8 Å². The Balaban J connectivity index is 2.31. The van der Waals surface area contributed by atoms with Gasteiger partial charge in [0.15, 0.2) is 6.04 Å². The molecule has 0 N–H and O–H groups in total. The van der Waals surface area contributed by atoms with Crippen LogP contribution in [0.4, 0.5) is 4.39 Å². The Labute approximate surface area is 170 Å². The molecule has 3 unspecified atom stereocenters. The number of thioether (sulfide) groups is 1. The molecule has 3 atom stereocenters. The highest BCUT2D eigenvalue weighted by atomic mass is 32.2. The molecular weight excluding hydrogens is 381 g/mol. The number of ether oxygens (including phenoxy) is 1. The number of carbonyl (C=O) groups excluding carboxylic acids is 1. The van der Waals surface area contributed by atoms with Crippen LogP contribution in [0.5, 0.6) is 0 Å². The molecule has 8 heteroatoms. The zero-order valence-corrected chi connectivity index (χ0v) is 18.3. The highest BCUT2D eigenvalue weighted by Gasteiger charge is 2.33. The van der Waals surface area contributed by atoms with Crippen LogP contribution in [-0.4, -0.2) is 65.1 Å². The van der Waals surface area contributed by atoms with Crippen molar-refractivity contribution in [3.05, 3.63) is 27.7 Å². The molecule has 1 aromatic heterocycles. The number of aromatic nitrogens is 2. The number of esters is 1. The van der Waals surface area contributed by atoms with E-state index in [0.717, 1.165) is 24.2 Å². The number of nitrogens with zero attached hydrogens (tertiary/aromatic N) is 3.